The number of halogens is 1. The lowest BCUT2D eigenvalue weighted by Gasteiger charge is -2.37. The second-order valence-corrected chi connectivity index (χ2v) is 8.60. The molecule has 6 N–H and O–H groups in total. The highest BCUT2D eigenvalue weighted by molar-refractivity contribution is 6.29. The summed E-state index contributed by atoms with van der Waals surface area (Å²) in [6.45, 7) is 7.89. The molecule has 0 bridgehead atoms. The summed E-state index contributed by atoms with van der Waals surface area (Å²) in [6.07, 6.45) is 7.64. The lowest BCUT2D eigenvalue weighted by atomic mass is 9.94. The zero-order chi connectivity index (χ0) is 21.9. The SMILES string of the molecule is C=C/C(=C\C=C(/C)Cl)C1NC2(CC2)C(N)N(C(C)N)c2ccc(C#CCCO)cc21. The molecule has 0 radical (unpaired) electrons. The molecule has 1 aliphatic heterocycles. The van der Waals surface area contributed by atoms with E-state index in [9.17, 15) is 0 Å². The van der Waals surface area contributed by atoms with Crippen molar-refractivity contribution in [3.63, 3.8) is 0 Å². The first-order valence-corrected chi connectivity index (χ1v) is 10.7. The van der Waals surface area contributed by atoms with E-state index in [4.69, 9.17) is 28.2 Å². The minimum atomic E-state index is -0.246. The fraction of sp³-hybridized carbons (Fsp3) is 0.417. The second kappa shape index (κ2) is 9.38. The van der Waals surface area contributed by atoms with E-state index in [2.05, 4.69) is 34.7 Å². The number of rotatable bonds is 5. The van der Waals surface area contributed by atoms with E-state index in [0.717, 1.165) is 35.2 Å². The molecule has 6 heteroatoms. The molecular weight excluding hydrogens is 396 g/mol. The molecule has 1 aromatic carbocycles. The van der Waals surface area contributed by atoms with Crippen LogP contribution in [-0.4, -0.2) is 29.6 Å². The van der Waals surface area contributed by atoms with E-state index >= 15 is 0 Å². The molecular formula is C24H31ClN4O. The van der Waals surface area contributed by atoms with Gasteiger partial charge in [0.1, 0.15) is 0 Å². The van der Waals surface area contributed by atoms with Crippen molar-refractivity contribution in [2.75, 3.05) is 11.5 Å². The van der Waals surface area contributed by atoms with Crippen molar-refractivity contribution in [2.45, 2.75) is 57.0 Å². The quantitative estimate of drug-likeness (QED) is 0.429. The number of hydrogen-bond acceptors (Lipinski definition) is 5. The van der Waals surface area contributed by atoms with Crippen molar-refractivity contribution >= 4 is 17.3 Å². The normalized spacial score (nSPS) is 23.9. The number of hydrogen-bond donors (Lipinski definition) is 4. The van der Waals surface area contributed by atoms with Crippen LogP contribution in [0.3, 0.4) is 0 Å². The number of nitrogens with one attached hydrogen (secondary N) is 1. The summed E-state index contributed by atoms with van der Waals surface area (Å²) in [6, 6.07) is 5.98. The third-order valence-corrected chi connectivity index (χ3v) is 5.81. The van der Waals surface area contributed by atoms with Gasteiger partial charge in [0.05, 0.1) is 30.5 Å². The molecule has 1 fully saturated rings. The minimum Gasteiger partial charge on any atom is -0.395 e. The predicted octanol–water partition coefficient (Wildman–Crippen LogP) is 3.25. The molecule has 1 aromatic rings. The molecule has 30 heavy (non-hydrogen) atoms. The van der Waals surface area contributed by atoms with E-state index < -0.39 is 0 Å². The van der Waals surface area contributed by atoms with Gasteiger partial charge in [0.2, 0.25) is 0 Å². The van der Waals surface area contributed by atoms with Gasteiger partial charge >= 0.3 is 0 Å². The average Bonchev–Trinajstić information content (AvgIpc) is 3.49. The van der Waals surface area contributed by atoms with Gasteiger partial charge in [-0.25, -0.2) is 0 Å². The van der Waals surface area contributed by atoms with Gasteiger partial charge in [0.25, 0.3) is 0 Å². The summed E-state index contributed by atoms with van der Waals surface area (Å²) in [5.41, 5.74) is 16.8. The standard InChI is InChI=1S/C24H31ClN4O/c1-4-19(10-8-16(2)25)22-20-15-18(7-5-6-14-30)9-11-21(20)29(17(3)26)23(27)24(28-22)12-13-24/h4,8-11,15,17,22-23,28,30H,1,6,12-14,26-27H2,2-3H3/b16-8+,19-10+. The first-order valence-electron chi connectivity index (χ1n) is 10.3. The Bertz CT molecular complexity index is 917. The maximum Gasteiger partial charge on any atom is 0.0970 e. The van der Waals surface area contributed by atoms with Crippen LogP contribution in [0, 0.1) is 11.8 Å². The van der Waals surface area contributed by atoms with Gasteiger partial charge in [-0.3, -0.25) is 5.32 Å². The monoisotopic (exact) mass is 426 g/mol. The molecule has 0 aromatic heterocycles. The zero-order valence-corrected chi connectivity index (χ0v) is 18.4. The van der Waals surface area contributed by atoms with Crippen LogP contribution in [0.15, 0.2) is 53.6 Å². The average molecular weight is 427 g/mol. The number of anilines is 1. The van der Waals surface area contributed by atoms with Crippen molar-refractivity contribution in [3.05, 3.63) is 64.7 Å². The Morgan fingerprint density at radius 3 is 2.77 bits per heavy atom. The van der Waals surface area contributed by atoms with Gasteiger partial charge < -0.3 is 21.5 Å². The van der Waals surface area contributed by atoms with Crippen molar-refractivity contribution < 1.29 is 5.11 Å². The molecule has 160 valence electrons. The number of allylic oxidation sites excluding steroid dienone is 3. The number of aliphatic hydroxyl groups excluding tert-OH is 1. The minimum absolute atomic E-state index is 0.0470. The Balaban J connectivity index is 2.19. The van der Waals surface area contributed by atoms with Gasteiger partial charge in [-0.1, -0.05) is 42.2 Å². The van der Waals surface area contributed by atoms with Crippen LogP contribution in [-0.2, 0) is 0 Å². The molecule has 1 spiro atoms. The van der Waals surface area contributed by atoms with Crippen molar-refractivity contribution in [2.24, 2.45) is 11.5 Å². The van der Waals surface area contributed by atoms with Gasteiger partial charge in [0.15, 0.2) is 0 Å². The van der Waals surface area contributed by atoms with Crippen LogP contribution in [0.1, 0.15) is 50.3 Å². The second-order valence-electron chi connectivity index (χ2n) is 8.00. The van der Waals surface area contributed by atoms with Crippen LogP contribution in [0.4, 0.5) is 5.69 Å². The molecule has 1 saturated carbocycles. The van der Waals surface area contributed by atoms with Gasteiger partial charge in [-0.15, -0.1) is 0 Å². The number of nitrogens with two attached hydrogens (primary N) is 2. The lowest BCUT2D eigenvalue weighted by Crippen LogP contribution is -2.60. The van der Waals surface area contributed by atoms with E-state index in [-0.39, 0.29) is 30.5 Å². The highest BCUT2D eigenvalue weighted by Crippen LogP contribution is 2.48. The fourth-order valence-corrected chi connectivity index (χ4v) is 4.05. The van der Waals surface area contributed by atoms with Crippen LogP contribution >= 0.6 is 11.6 Å². The highest BCUT2D eigenvalue weighted by atomic mass is 35.5. The van der Waals surface area contributed by atoms with Crippen molar-refractivity contribution in [1.82, 2.24) is 5.32 Å². The number of benzene rings is 1. The molecule has 3 unspecified atom stereocenters. The van der Waals surface area contributed by atoms with Crippen LogP contribution < -0.4 is 21.7 Å². The summed E-state index contributed by atoms with van der Waals surface area (Å²) in [4.78, 5) is 2.10. The van der Waals surface area contributed by atoms with E-state index in [1.54, 1.807) is 0 Å². The number of aliphatic hydroxyl groups is 1. The van der Waals surface area contributed by atoms with Crippen molar-refractivity contribution in [1.29, 1.82) is 0 Å². The van der Waals surface area contributed by atoms with E-state index in [1.807, 2.05) is 44.2 Å². The summed E-state index contributed by atoms with van der Waals surface area (Å²) in [5.74, 6) is 6.14. The third-order valence-electron chi connectivity index (χ3n) is 5.69. The summed E-state index contributed by atoms with van der Waals surface area (Å²) in [5, 5.41) is 13.5. The third kappa shape index (κ3) is 4.64. The van der Waals surface area contributed by atoms with Crippen LogP contribution in [0.5, 0.6) is 0 Å². The van der Waals surface area contributed by atoms with Crippen LogP contribution in [0.25, 0.3) is 0 Å². The Morgan fingerprint density at radius 1 is 1.47 bits per heavy atom. The van der Waals surface area contributed by atoms with E-state index in [0.29, 0.717) is 11.5 Å². The highest BCUT2D eigenvalue weighted by Gasteiger charge is 2.54. The maximum atomic E-state index is 9.03. The molecule has 0 saturated heterocycles. The number of fused-ring (bicyclic) bond motifs is 1. The smallest absolute Gasteiger partial charge is 0.0970 e. The Hall–Kier alpha value is -2.07. The Labute approximate surface area is 184 Å². The topological polar surface area (TPSA) is 87.5 Å². The lowest BCUT2D eigenvalue weighted by molar-refractivity contribution is 0.305. The first-order chi connectivity index (χ1) is 14.3. The zero-order valence-electron chi connectivity index (χ0n) is 17.7. The molecule has 1 aliphatic carbocycles. The van der Waals surface area contributed by atoms with Crippen molar-refractivity contribution in [3.8, 4) is 11.8 Å². The summed E-state index contributed by atoms with van der Waals surface area (Å²) >= 11 is 6.08. The summed E-state index contributed by atoms with van der Waals surface area (Å²) in [7, 11) is 0. The largest absolute Gasteiger partial charge is 0.395 e. The molecule has 3 atom stereocenters. The van der Waals surface area contributed by atoms with E-state index in [1.165, 1.54) is 0 Å². The fourth-order valence-electron chi connectivity index (χ4n) is 3.99. The molecule has 0 amide bonds. The number of nitrogens with zero attached hydrogens (tertiary/aromatic N) is 1. The predicted molar refractivity (Wildman–Crippen MR) is 125 cm³/mol. The molecule has 3 rings (SSSR count). The molecule has 5 nitrogen and oxygen atoms in total. The first kappa shape index (κ1) is 22.6. The van der Waals surface area contributed by atoms with Crippen LogP contribution in [0.2, 0.25) is 0 Å². The Morgan fingerprint density at radius 2 is 2.20 bits per heavy atom. The molecule has 1 heterocycles. The summed E-state index contributed by atoms with van der Waals surface area (Å²) < 4.78 is 0. The maximum absolute atomic E-state index is 9.03. The Kier molecular flexibility index (Phi) is 7.07. The van der Waals surface area contributed by atoms with Gasteiger partial charge in [0, 0.05) is 22.7 Å². The van der Waals surface area contributed by atoms with Gasteiger partial charge in [-0.05, 0) is 62.1 Å². The molecule has 2 aliphatic rings. The van der Waals surface area contributed by atoms with Gasteiger partial charge in [-0.2, -0.15) is 0 Å².